The van der Waals surface area contributed by atoms with Crippen molar-refractivity contribution in [3.05, 3.63) is 0 Å². The first-order chi connectivity index (χ1) is 7.81. The van der Waals surface area contributed by atoms with Crippen LogP contribution in [-0.4, -0.2) is 43.7 Å². The summed E-state index contributed by atoms with van der Waals surface area (Å²) in [6.45, 7) is 3.65. The third kappa shape index (κ3) is 2.74. The summed E-state index contributed by atoms with van der Waals surface area (Å²) in [6.07, 6.45) is 4.39. The van der Waals surface area contributed by atoms with Gasteiger partial charge in [0.1, 0.15) is 0 Å². The first-order valence-corrected chi connectivity index (χ1v) is 6.38. The molecule has 1 aliphatic heterocycles. The van der Waals surface area contributed by atoms with E-state index in [0.717, 1.165) is 38.9 Å². The van der Waals surface area contributed by atoms with E-state index in [2.05, 4.69) is 0 Å². The lowest BCUT2D eigenvalue weighted by Gasteiger charge is -2.34. The monoisotopic (exact) mass is 226 g/mol. The number of nitrogens with zero attached hydrogens (tertiary/aromatic N) is 1. The molecule has 4 nitrogen and oxygen atoms in total. The Morgan fingerprint density at radius 1 is 1.31 bits per heavy atom. The van der Waals surface area contributed by atoms with Crippen molar-refractivity contribution in [1.82, 2.24) is 4.90 Å². The van der Waals surface area contributed by atoms with Crippen LogP contribution >= 0.6 is 0 Å². The molecule has 1 saturated carbocycles. The summed E-state index contributed by atoms with van der Waals surface area (Å²) in [5.74, 6) is 1.12. The summed E-state index contributed by atoms with van der Waals surface area (Å²) in [5, 5.41) is 0. The summed E-state index contributed by atoms with van der Waals surface area (Å²) < 4.78 is 5.27. The summed E-state index contributed by atoms with van der Waals surface area (Å²) in [5.41, 5.74) is 5.70. The van der Waals surface area contributed by atoms with Crippen molar-refractivity contribution in [2.24, 2.45) is 17.6 Å². The van der Waals surface area contributed by atoms with Crippen molar-refractivity contribution in [2.45, 2.75) is 25.7 Å². The lowest BCUT2D eigenvalue weighted by Crippen LogP contribution is -2.45. The lowest BCUT2D eigenvalue weighted by molar-refractivity contribution is -0.141. The number of hydrogen-bond acceptors (Lipinski definition) is 3. The minimum absolute atomic E-state index is 0.223. The highest BCUT2D eigenvalue weighted by atomic mass is 16.5. The zero-order valence-corrected chi connectivity index (χ0v) is 9.86. The van der Waals surface area contributed by atoms with Crippen LogP contribution in [0.1, 0.15) is 25.7 Å². The van der Waals surface area contributed by atoms with E-state index in [4.69, 9.17) is 10.5 Å². The molecule has 0 aromatic rings. The highest BCUT2D eigenvalue weighted by molar-refractivity contribution is 5.79. The van der Waals surface area contributed by atoms with Crippen molar-refractivity contribution in [1.29, 1.82) is 0 Å². The molecule has 2 atom stereocenters. The summed E-state index contributed by atoms with van der Waals surface area (Å²) >= 11 is 0. The normalized spacial score (nSPS) is 31.4. The van der Waals surface area contributed by atoms with Gasteiger partial charge in [0.2, 0.25) is 5.91 Å². The maximum Gasteiger partial charge on any atom is 0.225 e. The molecular weight excluding hydrogens is 204 g/mol. The fourth-order valence-electron chi connectivity index (χ4n) is 2.77. The highest BCUT2D eigenvalue weighted by Crippen LogP contribution is 2.29. The molecule has 0 aromatic heterocycles. The molecule has 2 rings (SSSR count). The fourth-order valence-corrected chi connectivity index (χ4v) is 2.77. The van der Waals surface area contributed by atoms with Gasteiger partial charge in [-0.15, -0.1) is 0 Å². The van der Waals surface area contributed by atoms with E-state index in [1.807, 2.05) is 4.90 Å². The molecule has 1 heterocycles. The number of carbonyl (C=O) groups excluding carboxylic acids is 1. The van der Waals surface area contributed by atoms with Gasteiger partial charge in [0.25, 0.3) is 0 Å². The number of ether oxygens (including phenoxy) is 1. The van der Waals surface area contributed by atoms with Gasteiger partial charge in [0.15, 0.2) is 0 Å². The molecule has 4 heteroatoms. The third-order valence-electron chi connectivity index (χ3n) is 3.79. The average molecular weight is 226 g/mol. The van der Waals surface area contributed by atoms with E-state index < -0.39 is 0 Å². The molecule has 92 valence electrons. The predicted octanol–water partition coefficient (Wildman–Crippen LogP) is 0.610. The number of morpholine rings is 1. The first kappa shape index (κ1) is 11.9. The average Bonchev–Trinajstić information content (AvgIpc) is 2.39. The van der Waals surface area contributed by atoms with Crippen molar-refractivity contribution in [3.63, 3.8) is 0 Å². The van der Waals surface area contributed by atoms with Crippen LogP contribution in [0.5, 0.6) is 0 Å². The van der Waals surface area contributed by atoms with Crippen LogP contribution in [0.15, 0.2) is 0 Å². The first-order valence-electron chi connectivity index (χ1n) is 6.38. The molecule has 2 aliphatic rings. The van der Waals surface area contributed by atoms with Gasteiger partial charge >= 0.3 is 0 Å². The van der Waals surface area contributed by atoms with E-state index in [-0.39, 0.29) is 5.92 Å². The molecule has 16 heavy (non-hydrogen) atoms. The summed E-state index contributed by atoms with van der Waals surface area (Å²) in [7, 11) is 0. The molecule has 1 amide bonds. The number of hydrogen-bond donors (Lipinski definition) is 1. The van der Waals surface area contributed by atoms with Crippen LogP contribution in [0, 0.1) is 11.8 Å². The Morgan fingerprint density at radius 3 is 2.75 bits per heavy atom. The number of amides is 1. The van der Waals surface area contributed by atoms with Crippen LogP contribution in [0.2, 0.25) is 0 Å². The minimum Gasteiger partial charge on any atom is -0.378 e. The molecule has 2 unspecified atom stereocenters. The molecule has 2 fully saturated rings. The van der Waals surface area contributed by atoms with E-state index in [1.54, 1.807) is 0 Å². The van der Waals surface area contributed by atoms with Gasteiger partial charge in [-0.25, -0.2) is 0 Å². The predicted molar refractivity (Wildman–Crippen MR) is 61.9 cm³/mol. The smallest absolute Gasteiger partial charge is 0.225 e. The maximum absolute atomic E-state index is 12.2. The molecule has 1 aliphatic carbocycles. The standard InChI is InChI=1S/C12H22N2O2/c13-9-10-2-1-3-11(8-10)12(15)14-4-6-16-7-5-14/h10-11H,1-9,13H2. The Bertz CT molecular complexity index is 239. The van der Waals surface area contributed by atoms with E-state index in [9.17, 15) is 4.79 Å². The van der Waals surface area contributed by atoms with Crippen molar-refractivity contribution >= 4 is 5.91 Å². The zero-order chi connectivity index (χ0) is 11.4. The van der Waals surface area contributed by atoms with Gasteiger partial charge < -0.3 is 15.4 Å². The van der Waals surface area contributed by atoms with E-state index >= 15 is 0 Å². The number of nitrogens with two attached hydrogens (primary N) is 1. The zero-order valence-electron chi connectivity index (χ0n) is 9.86. The Kier molecular flexibility index (Phi) is 4.18. The topological polar surface area (TPSA) is 55.6 Å². The van der Waals surface area contributed by atoms with Crippen LogP contribution in [-0.2, 0) is 9.53 Å². The second-order valence-corrected chi connectivity index (χ2v) is 4.90. The molecule has 0 bridgehead atoms. The Balaban J connectivity index is 1.87. The summed E-state index contributed by atoms with van der Waals surface area (Å²) in [4.78, 5) is 14.2. The molecule has 2 N–H and O–H groups in total. The van der Waals surface area contributed by atoms with Crippen LogP contribution in [0.25, 0.3) is 0 Å². The molecule has 0 spiro atoms. The van der Waals surface area contributed by atoms with Crippen LogP contribution in [0.3, 0.4) is 0 Å². The van der Waals surface area contributed by atoms with Gasteiger partial charge in [-0.05, 0) is 31.7 Å². The Labute approximate surface area is 97.1 Å². The van der Waals surface area contributed by atoms with Gasteiger partial charge in [-0.2, -0.15) is 0 Å². The van der Waals surface area contributed by atoms with Crippen molar-refractivity contribution in [3.8, 4) is 0 Å². The van der Waals surface area contributed by atoms with Crippen LogP contribution < -0.4 is 5.73 Å². The minimum atomic E-state index is 0.223. The van der Waals surface area contributed by atoms with Crippen molar-refractivity contribution < 1.29 is 9.53 Å². The Morgan fingerprint density at radius 2 is 2.06 bits per heavy atom. The molecule has 1 saturated heterocycles. The second-order valence-electron chi connectivity index (χ2n) is 4.90. The second kappa shape index (κ2) is 5.64. The number of rotatable bonds is 2. The van der Waals surface area contributed by atoms with Gasteiger partial charge in [0, 0.05) is 19.0 Å². The summed E-state index contributed by atoms with van der Waals surface area (Å²) in [6, 6.07) is 0. The fraction of sp³-hybridized carbons (Fsp3) is 0.917. The third-order valence-corrected chi connectivity index (χ3v) is 3.79. The SMILES string of the molecule is NCC1CCCC(C(=O)N2CCOCC2)C1. The maximum atomic E-state index is 12.2. The van der Waals surface area contributed by atoms with E-state index in [0.29, 0.717) is 25.0 Å². The quantitative estimate of drug-likeness (QED) is 0.750. The van der Waals surface area contributed by atoms with E-state index in [1.165, 1.54) is 6.42 Å². The van der Waals surface area contributed by atoms with Gasteiger partial charge in [0.05, 0.1) is 13.2 Å². The number of carbonyl (C=O) groups is 1. The van der Waals surface area contributed by atoms with Crippen molar-refractivity contribution in [2.75, 3.05) is 32.8 Å². The Hall–Kier alpha value is -0.610. The molecular formula is C12H22N2O2. The largest absolute Gasteiger partial charge is 0.378 e. The molecule has 0 radical (unpaired) electrons. The van der Waals surface area contributed by atoms with Crippen LogP contribution in [0.4, 0.5) is 0 Å². The van der Waals surface area contributed by atoms with Gasteiger partial charge in [-0.3, -0.25) is 4.79 Å². The highest BCUT2D eigenvalue weighted by Gasteiger charge is 2.30. The molecule has 0 aromatic carbocycles. The van der Waals surface area contributed by atoms with Gasteiger partial charge in [-0.1, -0.05) is 6.42 Å². The lowest BCUT2D eigenvalue weighted by atomic mass is 9.80.